The lowest BCUT2D eigenvalue weighted by molar-refractivity contribution is 0.372. The molecule has 0 aliphatic carbocycles. The molecule has 1 aromatic rings. The summed E-state index contributed by atoms with van der Waals surface area (Å²) in [6.45, 7) is 9.92. The average Bonchev–Trinajstić information content (AvgIpc) is 2.30. The summed E-state index contributed by atoms with van der Waals surface area (Å²) >= 11 is 0. The summed E-state index contributed by atoms with van der Waals surface area (Å²) in [5.74, 6) is 1.72. The zero-order valence-corrected chi connectivity index (χ0v) is 11.6. The monoisotopic (exact) mass is 233 g/mol. The molecule has 1 heterocycles. The third-order valence-electron chi connectivity index (χ3n) is 3.87. The Morgan fingerprint density at radius 1 is 1.35 bits per heavy atom. The smallest absolute Gasteiger partial charge is 0.125 e. The minimum absolute atomic E-state index is 0.465. The third kappa shape index (κ3) is 2.06. The fourth-order valence-corrected chi connectivity index (χ4v) is 2.83. The van der Waals surface area contributed by atoms with Crippen molar-refractivity contribution in [1.29, 1.82) is 0 Å². The molecule has 2 heteroatoms. The van der Waals surface area contributed by atoms with Gasteiger partial charge in [-0.25, -0.2) is 0 Å². The molecule has 0 bridgehead atoms. The summed E-state index contributed by atoms with van der Waals surface area (Å²) in [5, 5.41) is 3.62. The lowest BCUT2D eigenvalue weighted by Crippen LogP contribution is -2.33. The molecule has 2 rings (SSSR count). The predicted molar refractivity (Wildman–Crippen MR) is 71.8 cm³/mol. The number of methoxy groups -OCH3 is 1. The fraction of sp³-hybridized carbons (Fsp3) is 0.600. The van der Waals surface area contributed by atoms with Gasteiger partial charge >= 0.3 is 0 Å². The molecule has 0 radical (unpaired) electrons. The topological polar surface area (TPSA) is 21.3 Å². The summed E-state index contributed by atoms with van der Waals surface area (Å²) in [7, 11) is 1.79. The minimum Gasteiger partial charge on any atom is -0.496 e. The van der Waals surface area contributed by atoms with E-state index in [1.54, 1.807) is 7.11 Å². The van der Waals surface area contributed by atoms with Gasteiger partial charge in [0.1, 0.15) is 5.75 Å². The maximum absolute atomic E-state index is 5.62. The van der Waals surface area contributed by atoms with Crippen molar-refractivity contribution in [3.05, 3.63) is 28.3 Å². The van der Waals surface area contributed by atoms with Crippen LogP contribution >= 0.6 is 0 Å². The summed E-state index contributed by atoms with van der Waals surface area (Å²) in [5.41, 5.74) is 5.46. The van der Waals surface area contributed by atoms with Crippen LogP contribution in [0.15, 0.2) is 6.07 Å². The van der Waals surface area contributed by atoms with Gasteiger partial charge in [0, 0.05) is 11.6 Å². The first-order valence-electron chi connectivity index (χ1n) is 6.46. The highest BCUT2D eigenvalue weighted by Gasteiger charge is 2.26. The van der Waals surface area contributed by atoms with Crippen molar-refractivity contribution in [2.24, 2.45) is 5.92 Å². The Hall–Kier alpha value is -1.02. The van der Waals surface area contributed by atoms with E-state index in [0.717, 1.165) is 18.7 Å². The van der Waals surface area contributed by atoms with Crippen molar-refractivity contribution in [3.8, 4) is 5.75 Å². The van der Waals surface area contributed by atoms with Crippen LogP contribution < -0.4 is 10.1 Å². The van der Waals surface area contributed by atoms with E-state index in [2.05, 4.69) is 39.1 Å². The van der Waals surface area contributed by atoms with Crippen LogP contribution in [0, 0.1) is 19.8 Å². The van der Waals surface area contributed by atoms with E-state index in [1.807, 2.05) is 0 Å². The highest BCUT2D eigenvalue weighted by atomic mass is 16.5. The molecule has 1 aromatic carbocycles. The van der Waals surface area contributed by atoms with Crippen LogP contribution in [0.4, 0.5) is 0 Å². The molecule has 0 aromatic heterocycles. The molecule has 0 spiro atoms. The highest BCUT2D eigenvalue weighted by Crippen LogP contribution is 2.37. The van der Waals surface area contributed by atoms with Gasteiger partial charge in [-0.1, -0.05) is 19.9 Å². The first-order chi connectivity index (χ1) is 8.06. The van der Waals surface area contributed by atoms with Gasteiger partial charge in [0.05, 0.1) is 7.11 Å². The molecular formula is C15H23NO. The van der Waals surface area contributed by atoms with Crippen molar-refractivity contribution >= 4 is 0 Å². The van der Waals surface area contributed by atoms with Crippen LogP contribution in [-0.2, 0) is 6.42 Å². The molecule has 0 fully saturated rings. The van der Waals surface area contributed by atoms with Gasteiger partial charge in [0.15, 0.2) is 0 Å². The summed E-state index contributed by atoms with van der Waals surface area (Å²) in [6.07, 6.45) is 1.07. The van der Waals surface area contributed by atoms with Crippen molar-refractivity contribution in [1.82, 2.24) is 5.32 Å². The van der Waals surface area contributed by atoms with Crippen molar-refractivity contribution in [3.63, 3.8) is 0 Å². The second-order valence-electron chi connectivity index (χ2n) is 5.35. The Bertz CT molecular complexity index is 423. The minimum atomic E-state index is 0.465. The van der Waals surface area contributed by atoms with E-state index in [-0.39, 0.29) is 0 Å². The van der Waals surface area contributed by atoms with Crippen LogP contribution in [0.5, 0.6) is 5.75 Å². The Balaban J connectivity index is 2.59. The number of fused-ring (bicyclic) bond motifs is 1. The lowest BCUT2D eigenvalue weighted by atomic mass is 9.85. The largest absolute Gasteiger partial charge is 0.496 e. The quantitative estimate of drug-likeness (QED) is 0.847. The van der Waals surface area contributed by atoms with E-state index in [1.165, 1.54) is 22.3 Å². The molecule has 0 amide bonds. The van der Waals surface area contributed by atoms with E-state index in [9.17, 15) is 0 Å². The lowest BCUT2D eigenvalue weighted by Gasteiger charge is -2.32. The average molecular weight is 233 g/mol. The number of rotatable bonds is 2. The van der Waals surface area contributed by atoms with Crippen LogP contribution in [-0.4, -0.2) is 13.7 Å². The molecule has 0 saturated carbocycles. The molecule has 1 atom stereocenters. The van der Waals surface area contributed by atoms with E-state index in [0.29, 0.717) is 12.0 Å². The number of benzene rings is 1. The second-order valence-corrected chi connectivity index (χ2v) is 5.35. The summed E-state index contributed by atoms with van der Waals surface area (Å²) in [6, 6.07) is 2.80. The number of hydrogen-bond acceptors (Lipinski definition) is 2. The van der Waals surface area contributed by atoms with Crippen molar-refractivity contribution < 1.29 is 4.74 Å². The highest BCUT2D eigenvalue weighted by molar-refractivity contribution is 5.52. The number of aryl methyl sites for hydroxylation is 1. The van der Waals surface area contributed by atoms with E-state index in [4.69, 9.17) is 4.74 Å². The first kappa shape index (κ1) is 12.4. The number of ether oxygens (including phenoxy) is 1. The van der Waals surface area contributed by atoms with Crippen LogP contribution in [0.2, 0.25) is 0 Å². The molecular weight excluding hydrogens is 210 g/mol. The maximum Gasteiger partial charge on any atom is 0.125 e. The van der Waals surface area contributed by atoms with Gasteiger partial charge in [-0.15, -0.1) is 0 Å². The number of nitrogens with one attached hydrogen (secondary N) is 1. The van der Waals surface area contributed by atoms with Gasteiger partial charge in [-0.05, 0) is 49.4 Å². The summed E-state index contributed by atoms with van der Waals surface area (Å²) < 4.78 is 5.62. The van der Waals surface area contributed by atoms with Crippen molar-refractivity contribution in [2.75, 3.05) is 13.7 Å². The summed E-state index contributed by atoms with van der Waals surface area (Å²) in [4.78, 5) is 0. The SMILES string of the molecule is COc1c(C)c(C)cc2c1CCNC2C(C)C. The second kappa shape index (κ2) is 4.69. The predicted octanol–water partition coefficient (Wildman–Crippen LogP) is 3.15. The van der Waals surface area contributed by atoms with Crippen LogP contribution in [0.1, 0.15) is 42.1 Å². The Labute approximate surface area is 104 Å². The zero-order valence-electron chi connectivity index (χ0n) is 11.6. The molecule has 1 N–H and O–H groups in total. The zero-order chi connectivity index (χ0) is 12.6. The standard InChI is InChI=1S/C15H23NO/c1-9(2)14-13-8-10(3)11(4)15(17-5)12(13)6-7-16-14/h8-9,14,16H,6-7H2,1-5H3. The van der Waals surface area contributed by atoms with Crippen molar-refractivity contribution in [2.45, 2.75) is 40.2 Å². The van der Waals surface area contributed by atoms with Gasteiger partial charge < -0.3 is 10.1 Å². The molecule has 1 aliphatic heterocycles. The molecule has 94 valence electrons. The fourth-order valence-electron chi connectivity index (χ4n) is 2.83. The molecule has 2 nitrogen and oxygen atoms in total. The van der Waals surface area contributed by atoms with Gasteiger partial charge in [-0.3, -0.25) is 0 Å². The van der Waals surface area contributed by atoms with E-state index >= 15 is 0 Å². The molecule has 17 heavy (non-hydrogen) atoms. The normalized spacial score (nSPS) is 19.3. The van der Waals surface area contributed by atoms with E-state index < -0.39 is 0 Å². The number of hydrogen-bond donors (Lipinski definition) is 1. The van der Waals surface area contributed by atoms with Gasteiger partial charge in [0.2, 0.25) is 0 Å². The molecule has 1 aliphatic rings. The molecule has 0 saturated heterocycles. The first-order valence-corrected chi connectivity index (χ1v) is 6.46. The Kier molecular flexibility index (Phi) is 3.43. The van der Waals surface area contributed by atoms with Gasteiger partial charge in [-0.2, -0.15) is 0 Å². The van der Waals surface area contributed by atoms with Crippen LogP contribution in [0.3, 0.4) is 0 Å². The van der Waals surface area contributed by atoms with Gasteiger partial charge in [0.25, 0.3) is 0 Å². The Morgan fingerprint density at radius 2 is 2.06 bits per heavy atom. The third-order valence-corrected chi connectivity index (χ3v) is 3.87. The Morgan fingerprint density at radius 3 is 2.65 bits per heavy atom. The molecule has 1 unspecified atom stereocenters. The van der Waals surface area contributed by atoms with Crippen LogP contribution in [0.25, 0.3) is 0 Å². The maximum atomic E-state index is 5.62.